The minimum absolute atomic E-state index is 0.0126. The first-order chi connectivity index (χ1) is 29.1. The summed E-state index contributed by atoms with van der Waals surface area (Å²) in [6, 6.07) is 33.5. The second-order valence-corrected chi connectivity index (χ2v) is 19.6. The molecule has 1 saturated heterocycles. The molecule has 61 heavy (non-hydrogen) atoms. The summed E-state index contributed by atoms with van der Waals surface area (Å²) in [6.45, 7) is 9.23. The maximum absolute atomic E-state index is 14.1. The van der Waals surface area contributed by atoms with Crippen molar-refractivity contribution in [1.29, 1.82) is 0 Å². The van der Waals surface area contributed by atoms with Gasteiger partial charge >= 0.3 is 5.51 Å². The van der Waals surface area contributed by atoms with Gasteiger partial charge in [-0.15, -0.1) is 11.8 Å². The smallest absolute Gasteiger partial charge is 0.379 e. The average Bonchev–Trinajstić information content (AvgIpc) is 3.25. The molecule has 1 heterocycles. The molecule has 0 spiro atoms. The van der Waals surface area contributed by atoms with Gasteiger partial charge in [0.15, 0.2) is 0 Å². The Hall–Kier alpha value is -4.58. The monoisotopic (exact) mass is 913 g/mol. The van der Waals surface area contributed by atoms with Crippen molar-refractivity contribution in [1.82, 2.24) is 14.5 Å². The van der Waals surface area contributed by atoms with Gasteiger partial charge in [-0.05, 0) is 96.5 Å². The number of thioether (sulfide) groups is 1. The van der Waals surface area contributed by atoms with Crippen molar-refractivity contribution in [2.45, 2.75) is 46.6 Å². The van der Waals surface area contributed by atoms with Crippen LogP contribution in [0.25, 0.3) is 11.1 Å². The third-order valence-electron chi connectivity index (χ3n) is 10.4. The standard InChI is InChI=1S/C44H47ClF3N5O5S3/c1-3-51(4-2)30-36(31-59-38-11-6-5-7-12-38)49-41-23-22-39(28-42(41)60(55,56)44(46,47)48)61(57,58)50-43(54)33-16-20-37(21-17-33)53-26-24-52(25-27-53)29-34-10-8-9-13-40(34)32-14-18-35(45)19-15-32/h5-23,28,36,49H,3-4,24-27,29-31H2,1-2H3,(H,50,54)/t36-/m1/s1. The van der Waals surface area contributed by atoms with Crippen LogP contribution < -0.4 is 14.9 Å². The van der Waals surface area contributed by atoms with Crippen LogP contribution in [-0.2, 0) is 26.4 Å². The van der Waals surface area contributed by atoms with Gasteiger partial charge in [-0.1, -0.05) is 80.0 Å². The molecule has 1 amide bonds. The number of likely N-dealkylation sites (N-methyl/N-ethyl adjacent to an activating group) is 1. The molecule has 0 bridgehead atoms. The third-order valence-corrected chi connectivity index (χ3v) is 14.7. The van der Waals surface area contributed by atoms with Gasteiger partial charge < -0.3 is 15.1 Å². The Morgan fingerprint density at radius 3 is 2.10 bits per heavy atom. The Kier molecular flexibility index (Phi) is 15.1. The number of anilines is 2. The molecular formula is C44H47ClF3N5O5S3. The number of rotatable bonds is 17. The number of nitrogens with one attached hydrogen (secondary N) is 2. The van der Waals surface area contributed by atoms with Crippen LogP contribution in [-0.4, -0.2) is 95.7 Å². The first kappa shape index (κ1) is 45.9. The number of amides is 1. The number of hydrogen-bond acceptors (Lipinski definition) is 10. The van der Waals surface area contributed by atoms with E-state index < -0.39 is 52.8 Å². The number of benzene rings is 5. The lowest BCUT2D eigenvalue weighted by Crippen LogP contribution is -2.46. The molecule has 17 heteroatoms. The average molecular weight is 915 g/mol. The van der Waals surface area contributed by atoms with Crippen LogP contribution in [0.2, 0.25) is 5.02 Å². The van der Waals surface area contributed by atoms with Gasteiger partial charge in [0.25, 0.3) is 25.8 Å². The Labute approximate surface area is 365 Å². The normalized spacial score (nSPS) is 14.5. The number of carbonyl (C=O) groups excluding carboxylic acids is 1. The number of piperazine rings is 1. The number of halogens is 4. The quantitative estimate of drug-likeness (QED) is 0.0878. The fraction of sp³-hybridized carbons (Fsp3) is 0.295. The Morgan fingerprint density at radius 2 is 1.46 bits per heavy atom. The largest absolute Gasteiger partial charge is 0.501 e. The molecule has 0 radical (unpaired) electrons. The van der Waals surface area contributed by atoms with Crippen molar-refractivity contribution >= 4 is 60.5 Å². The van der Waals surface area contributed by atoms with E-state index in [-0.39, 0.29) is 5.56 Å². The third kappa shape index (κ3) is 11.7. The minimum Gasteiger partial charge on any atom is -0.379 e. The van der Waals surface area contributed by atoms with E-state index in [1.54, 1.807) is 12.1 Å². The van der Waals surface area contributed by atoms with Crippen molar-refractivity contribution in [3.63, 3.8) is 0 Å². The van der Waals surface area contributed by atoms with Crippen LogP contribution in [0.5, 0.6) is 0 Å². The number of sulfone groups is 1. The molecule has 0 aromatic heterocycles. The summed E-state index contributed by atoms with van der Waals surface area (Å²) < 4.78 is 97.1. The lowest BCUT2D eigenvalue weighted by atomic mass is 9.99. The van der Waals surface area contributed by atoms with Gasteiger partial charge in [0.1, 0.15) is 4.90 Å². The number of sulfonamides is 1. The number of hydrogen-bond donors (Lipinski definition) is 2. The molecule has 0 unspecified atom stereocenters. The van der Waals surface area contributed by atoms with Crippen LogP contribution in [0.4, 0.5) is 24.5 Å². The summed E-state index contributed by atoms with van der Waals surface area (Å²) in [4.78, 5) is 18.6. The molecule has 2 N–H and O–H groups in total. The van der Waals surface area contributed by atoms with E-state index in [1.807, 2.05) is 90.2 Å². The molecule has 324 valence electrons. The molecule has 1 aliphatic rings. The van der Waals surface area contributed by atoms with Gasteiger partial charge in [0.05, 0.1) is 10.6 Å². The van der Waals surface area contributed by atoms with Gasteiger partial charge in [-0.25, -0.2) is 21.6 Å². The second-order valence-electron chi connectivity index (χ2n) is 14.5. The van der Waals surface area contributed by atoms with Gasteiger partial charge in [-0.2, -0.15) is 13.2 Å². The summed E-state index contributed by atoms with van der Waals surface area (Å²) in [5, 5.41) is 3.64. The fourth-order valence-electron chi connectivity index (χ4n) is 7.04. The van der Waals surface area contributed by atoms with Crippen LogP contribution in [0, 0.1) is 0 Å². The second kappa shape index (κ2) is 20.1. The van der Waals surface area contributed by atoms with E-state index in [2.05, 4.69) is 27.2 Å². The topological polar surface area (TPSA) is 119 Å². The fourth-order valence-corrected chi connectivity index (χ4v) is 10.1. The first-order valence-electron chi connectivity index (χ1n) is 19.7. The first-order valence-corrected chi connectivity index (χ1v) is 24.0. The van der Waals surface area contributed by atoms with Crippen molar-refractivity contribution in [2.75, 3.05) is 61.8 Å². The van der Waals surface area contributed by atoms with Crippen LogP contribution in [0.1, 0.15) is 29.8 Å². The van der Waals surface area contributed by atoms with E-state index in [1.165, 1.54) is 29.5 Å². The predicted molar refractivity (Wildman–Crippen MR) is 238 cm³/mol. The van der Waals surface area contributed by atoms with Crippen molar-refractivity contribution in [2.24, 2.45) is 0 Å². The maximum Gasteiger partial charge on any atom is 0.501 e. The molecule has 5 aromatic carbocycles. The lowest BCUT2D eigenvalue weighted by molar-refractivity contribution is -0.0435. The molecule has 1 aliphatic heterocycles. The Bertz CT molecular complexity index is 2490. The highest BCUT2D eigenvalue weighted by Gasteiger charge is 2.48. The van der Waals surface area contributed by atoms with Crippen molar-refractivity contribution < 1.29 is 34.8 Å². The van der Waals surface area contributed by atoms with Crippen molar-refractivity contribution in [3.8, 4) is 11.1 Å². The van der Waals surface area contributed by atoms with E-state index in [9.17, 15) is 34.8 Å². The Balaban J connectivity index is 1.13. The highest BCUT2D eigenvalue weighted by molar-refractivity contribution is 7.99. The summed E-state index contributed by atoms with van der Waals surface area (Å²) in [5.41, 5.74) is -1.91. The molecule has 10 nitrogen and oxygen atoms in total. The molecule has 0 aliphatic carbocycles. The number of nitrogens with zero attached hydrogens (tertiary/aromatic N) is 3. The molecule has 1 atom stereocenters. The summed E-state index contributed by atoms with van der Waals surface area (Å²) in [7, 11) is -10.9. The highest BCUT2D eigenvalue weighted by Crippen LogP contribution is 2.37. The van der Waals surface area contributed by atoms with Crippen LogP contribution in [0.3, 0.4) is 0 Å². The van der Waals surface area contributed by atoms with E-state index >= 15 is 0 Å². The van der Waals surface area contributed by atoms with Gasteiger partial charge in [-0.3, -0.25) is 9.69 Å². The zero-order valence-corrected chi connectivity index (χ0v) is 36.8. The molecule has 6 rings (SSSR count). The highest BCUT2D eigenvalue weighted by atomic mass is 35.5. The van der Waals surface area contributed by atoms with Crippen LogP contribution in [0.15, 0.2) is 136 Å². The number of alkyl halides is 3. The number of carbonyl (C=O) groups is 1. The molecule has 1 fully saturated rings. The molecule has 0 saturated carbocycles. The van der Waals surface area contributed by atoms with E-state index in [4.69, 9.17) is 11.6 Å². The molecule has 5 aromatic rings. The summed E-state index contributed by atoms with van der Waals surface area (Å²) in [6.07, 6.45) is 0. The molecular weight excluding hydrogens is 867 g/mol. The zero-order chi connectivity index (χ0) is 43.8. The van der Waals surface area contributed by atoms with E-state index in [0.717, 1.165) is 53.5 Å². The van der Waals surface area contributed by atoms with Gasteiger partial charge in [0, 0.05) is 72.2 Å². The Morgan fingerprint density at radius 1 is 0.820 bits per heavy atom. The predicted octanol–water partition coefficient (Wildman–Crippen LogP) is 8.66. The summed E-state index contributed by atoms with van der Waals surface area (Å²) in [5.74, 6) is -0.673. The zero-order valence-electron chi connectivity index (χ0n) is 33.6. The van der Waals surface area contributed by atoms with E-state index in [0.29, 0.717) is 49.6 Å². The van der Waals surface area contributed by atoms with Gasteiger partial charge in [0.2, 0.25) is 0 Å². The summed E-state index contributed by atoms with van der Waals surface area (Å²) >= 11 is 7.54. The van der Waals surface area contributed by atoms with Crippen LogP contribution >= 0.6 is 23.4 Å². The SMILES string of the molecule is CCN(CC)C[C@H](CSc1ccccc1)Nc1ccc(S(=O)(=O)NC(=O)c2ccc(N3CCN(Cc4ccccc4-c4ccc(Cl)cc4)CC3)cc2)cc1S(=O)(=O)C(F)(F)F. The minimum atomic E-state index is -6.04. The maximum atomic E-state index is 14.1. The van der Waals surface area contributed by atoms with Crippen molar-refractivity contribution in [3.05, 3.63) is 137 Å². The lowest BCUT2D eigenvalue weighted by Gasteiger charge is -2.36.